The average Bonchev–Trinajstić information content (AvgIpc) is 2.73. The lowest BCUT2D eigenvalue weighted by atomic mass is 10.2. The van der Waals surface area contributed by atoms with Crippen molar-refractivity contribution in [1.29, 1.82) is 0 Å². The minimum absolute atomic E-state index is 0.0623. The molecular formula is C9H11NO6. The first-order valence-electron chi connectivity index (χ1n) is 4.42. The summed E-state index contributed by atoms with van der Waals surface area (Å²) in [4.78, 5) is 21.1. The molecule has 7 nitrogen and oxygen atoms in total. The second-order valence-electron chi connectivity index (χ2n) is 2.94. The van der Waals surface area contributed by atoms with E-state index in [1.807, 2.05) is 0 Å². The van der Waals surface area contributed by atoms with E-state index in [0.29, 0.717) is 0 Å². The van der Waals surface area contributed by atoms with Crippen molar-refractivity contribution in [2.24, 2.45) is 0 Å². The molecule has 0 bridgehead atoms. The molecule has 1 rings (SSSR count). The number of carbonyl (C=O) groups excluding carboxylic acids is 1. The molecule has 0 aliphatic rings. The molecule has 1 atom stereocenters. The van der Waals surface area contributed by atoms with Crippen LogP contribution in [0.25, 0.3) is 0 Å². The average molecular weight is 229 g/mol. The van der Waals surface area contributed by atoms with Gasteiger partial charge in [-0.05, 0) is 6.07 Å². The molecule has 1 aromatic rings. The van der Waals surface area contributed by atoms with Crippen LogP contribution >= 0.6 is 0 Å². The van der Waals surface area contributed by atoms with Gasteiger partial charge in [0.2, 0.25) is 0 Å². The lowest BCUT2D eigenvalue weighted by Crippen LogP contribution is -2.15. The SMILES string of the molecule is COC(=O)CC(c1ccc(OC)o1)[N+](=O)[O-]. The van der Waals surface area contributed by atoms with Crippen LogP contribution in [0.2, 0.25) is 0 Å². The molecule has 0 aromatic carbocycles. The lowest BCUT2D eigenvalue weighted by molar-refractivity contribution is -0.531. The molecule has 0 N–H and O–H groups in total. The van der Waals surface area contributed by atoms with Gasteiger partial charge in [0.25, 0.3) is 12.0 Å². The van der Waals surface area contributed by atoms with E-state index in [1.54, 1.807) is 0 Å². The highest BCUT2D eigenvalue weighted by Gasteiger charge is 2.30. The number of furan rings is 1. The van der Waals surface area contributed by atoms with Crippen LogP contribution < -0.4 is 4.74 Å². The summed E-state index contributed by atoms with van der Waals surface area (Å²) in [5.41, 5.74) is 0. The van der Waals surface area contributed by atoms with Crippen LogP contribution in [-0.4, -0.2) is 25.1 Å². The van der Waals surface area contributed by atoms with Gasteiger partial charge in [-0.15, -0.1) is 0 Å². The third-order valence-electron chi connectivity index (χ3n) is 1.97. The van der Waals surface area contributed by atoms with Gasteiger partial charge in [-0.1, -0.05) is 0 Å². The Labute approximate surface area is 91.1 Å². The minimum Gasteiger partial charge on any atom is -0.469 e. The van der Waals surface area contributed by atoms with E-state index in [9.17, 15) is 14.9 Å². The second kappa shape index (κ2) is 5.15. The minimum atomic E-state index is -1.25. The number of methoxy groups -OCH3 is 2. The fourth-order valence-electron chi connectivity index (χ4n) is 1.14. The smallest absolute Gasteiger partial charge is 0.313 e. The molecule has 0 amide bonds. The maximum absolute atomic E-state index is 11.0. The fourth-order valence-corrected chi connectivity index (χ4v) is 1.14. The summed E-state index contributed by atoms with van der Waals surface area (Å²) in [7, 11) is 2.55. The van der Waals surface area contributed by atoms with Crippen molar-refractivity contribution < 1.29 is 23.6 Å². The number of nitrogens with zero attached hydrogens (tertiary/aromatic N) is 1. The molecular weight excluding hydrogens is 218 g/mol. The first-order chi connectivity index (χ1) is 7.58. The Hall–Kier alpha value is -2.05. The van der Waals surface area contributed by atoms with Crippen molar-refractivity contribution in [3.05, 3.63) is 28.0 Å². The van der Waals surface area contributed by atoms with Gasteiger partial charge >= 0.3 is 5.97 Å². The highest BCUT2D eigenvalue weighted by molar-refractivity contribution is 5.69. The molecule has 1 unspecified atom stereocenters. The van der Waals surface area contributed by atoms with Crippen LogP contribution in [0.15, 0.2) is 16.5 Å². The van der Waals surface area contributed by atoms with Gasteiger partial charge in [-0.2, -0.15) is 0 Å². The van der Waals surface area contributed by atoms with E-state index >= 15 is 0 Å². The predicted molar refractivity (Wildman–Crippen MR) is 51.6 cm³/mol. The van der Waals surface area contributed by atoms with Gasteiger partial charge in [0.05, 0.1) is 14.2 Å². The third kappa shape index (κ3) is 2.72. The molecule has 0 spiro atoms. The van der Waals surface area contributed by atoms with Gasteiger partial charge in [0.15, 0.2) is 5.76 Å². The number of rotatable bonds is 5. The highest BCUT2D eigenvalue weighted by Crippen LogP contribution is 2.26. The molecule has 0 aliphatic carbocycles. The van der Waals surface area contributed by atoms with Crippen LogP contribution in [0.4, 0.5) is 0 Å². The number of hydrogen-bond acceptors (Lipinski definition) is 6. The van der Waals surface area contributed by atoms with Crippen molar-refractivity contribution in [3.8, 4) is 5.95 Å². The summed E-state index contributed by atoms with van der Waals surface area (Å²) in [6.45, 7) is 0. The Bertz CT molecular complexity index is 385. The van der Waals surface area contributed by atoms with Gasteiger partial charge in [-0.3, -0.25) is 14.9 Å². The van der Waals surface area contributed by atoms with E-state index < -0.39 is 16.9 Å². The Morgan fingerprint density at radius 1 is 1.56 bits per heavy atom. The summed E-state index contributed by atoms with van der Waals surface area (Å²) in [6.07, 6.45) is -0.375. The van der Waals surface area contributed by atoms with Gasteiger partial charge in [0.1, 0.15) is 6.42 Å². The van der Waals surface area contributed by atoms with Crippen LogP contribution in [0, 0.1) is 10.1 Å². The summed E-state index contributed by atoms with van der Waals surface area (Å²) in [5, 5.41) is 10.7. The number of ether oxygens (including phenoxy) is 2. The summed E-state index contributed by atoms with van der Waals surface area (Å²) < 4.78 is 14.1. The Kier molecular flexibility index (Phi) is 3.87. The fraction of sp³-hybridized carbons (Fsp3) is 0.444. The number of carbonyl (C=O) groups is 1. The number of hydrogen-bond donors (Lipinski definition) is 0. The maximum Gasteiger partial charge on any atom is 0.313 e. The Morgan fingerprint density at radius 3 is 2.69 bits per heavy atom. The highest BCUT2D eigenvalue weighted by atomic mass is 16.6. The summed E-state index contributed by atoms with van der Waals surface area (Å²) >= 11 is 0. The van der Waals surface area contributed by atoms with Crippen molar-refractivity contribution in [2.45, 2.75) is 12.5 Å². The van der Waals surface area contributed by atoms with E-state index in [0.717, 1.165) is 0 Å². The zero-order valence-electron chi connectivity index (χ0n) is 8.84. The lowest BCUT2D eigenvalue weighted by Gasteiger charge is -2.04. The molecule has 0 fully saturated rings. The molecule has 0 saturated carbocycles. The van der Waals surface area contributed by atoms with Gasteiger partial charge in [0, 0.05) is 11.0 Å². The van der Waals surface area contributed by atoms with Crippen molar-refractivity contribution >= 4 is 5.97 Å². The molecule has 88 valence electrons. The number of esters is 1. The zero-order valence-corrected chi connectivity index (χ0v) is 8.84. The third-order valence-corrected chi connectivity index (χ3v) is 1.97. The van der Waals surface area contributed by atoms with Crippen molar-refractivity contribution in [1.82, 2.24) is 0 Å². The van der Waals surface area contributed by atoms with Crippen molar-refractivity contribution in [2.75, 3.05) is 14.2 Å². The van der Waals surface area contributed by atoms with Gasteiger partial charge < -0.3 is 13.9 Å². The second-order valence-corrected chi connectivity index (χ2v) is 2.94. The monoisotopic (exact) mass is 229 g/mol. The van der Waals surface area contributed by atoms with Crippen LogP contribution in [0.3, 0.4) is 0 Å². The number of nitro groups is 1. The molecule has 7 heteroatoms. The standard InChI is InChI=1S/C9H11NO6/c1-14-8(11)5-6(10(12)13)7-3-4-9(15-2)16-7/h3-4,6H,5H2,1-2H3. The van der Waals surface area contributed by atoms with E-state index in [2.05, 4.69) is 4.74 Å². The zero-order chi connectivity index (χ0) is 12.1. The molecule has 0 saturated heterocycles. The molecule has 1 heterocycles. The van der Waals surface area contributed by atoms with Crippen LogP contribution in [-0.2, 0) is 9.53 Å². The van der Waals surface area contributed by atoms with E-state index in [1.165, 1.54) is 26.4 Å². The quantitative estimate of drug-likeness (QED) is 0.427. The van der Waals surface area contributed by atoms with Crippen LogP contribution in [0.1, 0.15) is 18.2 Å². The normalized spacial score (nSPS) is 11.9. The first kappa shape index (κ1) is 12.0. The largest absolute Gasteiger partial charge is 0.469 e. The first-order valence-corrected chi connectivity index (χ1v) is 4.42. The van der Waals surface area contributed by atoms with Crippen LogP contribution in [0.5, 0.6) is 5.95 Å². The topological polar surface area (TPSA) is 91.8 Å². The molecule has 1 aromatic heterocycles. The molecule has 16 heavy (non-hydrogen) atoms. The summed E-state index contributed by atoms with van der Waals surface area (Å²) in [6, 6.07) is 1.59. The summed E-state index contributed by atoms with van der Waals surface area (Å²) in [5.74, 6) is -0.448. The van der Waals surface area contributed by atoms with E-state index in [4.69, 9.17) is 9.15 Å². The van der Waals surface area contributed by atoms with E-state index in [-0.39, 0.29) is 18.1 Å². The molecule has 0 radical (unpaired) electrons. The maximum atomic E-state index is 11.0. The van der Waals surface area contributed by atoms with Crippen molar-refractivity contribution in [3.63, 3.8) is 0 Å². The molecule has 0 aliphatic heterocycles. The Balaban J connectivity index is 2.85. The Morgan fingerprint density at radius 2 is 2.25 bits per heavy atom. The van der Waals surface area contributed by atoms with Gasteiger partial charge in [-0.25, -0.2) is 0 Å². The predicted octanol–water partition coefficient (Wildman–Crippen LogP) is 1.17.